The number of benzene rings is 2. The van der Waals surface area contributed by atoms with Gasteiger partial charge in [0.25, 0.3) is 11.6 Å². The first-order valence-corrected chi connectivity index (χ1v) is 11.3. The van der Waals surface area contributed by atoms with E-state index in [9.17, 15) is 28.1 Å². The average Bonchev–Trinajstić information content (AvgIpc) is 2.73. The quantitative estimate of drug-likeness (QED) is 0.316. The van der Waals surface area contributed by atoms with E-state index in [1.165, 1.54) is 25.1 Å². The second kappa shape index (κ2) is 10.5. The number of halogens is 1. The van der Waals surface area contributed by atoms with Crippen molar-refractivity contribution >= 4 is 44.9 Å². The van der Waals surface area contributed by atoms with Crippen LogP contribution < -0.4 is 10.0 Å². The molecule has 0 aliphatic heterocycles. The minimum atomic E-state index is -3.99. The Morgan fingerprint density at radius 1 is 1.09 bits per heavy atom. The topological polar surface area (TPSA) is 145 Å². The van der Waals surface area contributed by atoms with Gasteiger partial charge in [0.05, 0.1) is 20.5 Å². The summed E-state index contributed by atoms with van der Waals surface area (Å²) in [4.78, 5) is 35.1. The van der Waals surface area contributed by atoms with Gasteiger partial charge in [-0.2, -0.15) is 4.72 Å². The second-order valence-corrected chi connectivity index (χ2v) is 9.27. The number of carbonyl (C=O) groups is 2. The molecule has 32 heavy (non-hydrogen) atoms. The van der Waals surface area contributed by atoms with Gasteiger partial charge in [-0.15, -0.1) is 0 Å². The number of amides is 1. The Morgan fingerprint density at radius 3 is 2.25 bits per heavy atom. The first-order valence-electron chi connectivity index (χ1n) is 9.45. The van der Waals surface area contributed by atoms with Gasteiger partial charge in [0.15, 0.2) is 6.10 Å². The molecule has 0 aromatic heterocycles. The van der Waals surface area contributed by atoms with Gasteiger partial charge >= 0.3 is 5.97 Å². The molecule has 2 N–H and O–H groups in total. The van der Waals surface area contributed by atoms with E-state index in [1.807, 2.05) is 0 Å². The maximum Gasteiger partial charge on any atom is 0.325 e. The summed E-state index contributed by atoms with van der Waals surface area (Å²) in [5.41, 5.74) is -0.159. The van der Waals surface area contributed by atoms with Crippen LogP contribution in [0.3, 0.4) is 0 Å². The van der Waals surface area contributed by atoms with Gasteiger partial charge in [0.1, 0.15) is 6.04 Å². The number of non-ortho nitro benzene ring substituents is 1. The lowest BCUT2D eigenvalue weighted by molar-refractivity contribution is -0.384. The van der Waals surface area contributed by atoms with Gasteiger partial charge in [-0.3, -0.25) is 19.7 Å². The predicted octanol–water partition coefficient (Wildman–Crippen LogP) is 3.12. The van der Waals surface area contributed by atoms with Crippen molar-refractivity contribution in [3.05, 3.63) is 63.7 Å². The molecule has 10 nitrogen and oxygen atoms in total. The largest absolute Gasteiger partial charge is 0.451 e. The van der Waals surface area contributed by atoms with Gasteiger partial charge in [-0.05, 0) is 31.0 Å². The summed E-state index contributed by atoms with van der Waals surface area (Å²) in [6.45, 7) is 4.55. The SMILES string of the molecule is CC(C)[C@@H](NS(=O)(=O)c1ccccc1)C(=O)O[C@@H](C)C(=O)Nc1ccc([N+](=O)[O-])cc1Cl. The molecule has 0 fully saturated rings. The van der Waals surface area contributed by atoms with E-state index in [1.54, 1.807) is 32.0 Å². The highest BCUT2D eigenvalue weighted by molar-refractivity contribution is 7.89. The molecule has 12 heteroatoms. The highest BCUT2D eigenvalue weighted by Gasteiger charge is 2.32. The second-order valence-electron chi connectivity index (χ2n) is 7.15. The average molecular weight is 484 g/mol. The smallest absolute Gasteiger partial charge is 0.325 e. The van der Waals surface area contributed by atoms with Crippen molar-refractivity contribution in [2.75, 3.05) is 5.32 Å². The van der Waals surface area contributed by atoms with Crippen LogP contribution in [0.25, 0.3) is 0 Å². The number of rotatable bonds is 9. The number of nitrogens with one attached hydrogen (secondary N) is 2. The number of nitrogens with zero attached hydrogens (tertiary/aromatic N) is 1. The number of sulfonamides is 1. The minimum absolute atomic E-state index is 0.0166. The first-order chi connectivity index (χ1) is 14.9. The summed E-state index contributed by atoms with van der Waals surface area (Å²) < 4.78 is 32.6. The molecule has 2 atom stereocenters. The van der Waals surface area contributed by atoms with Crippen molar-refractivity contribution in [3.63, 3.8) is 0 Å². The molecule has 0 spiro atoms. The van der Waals surface area contributed by atoms with Crippen LogP contribution in [0, 0.1) is 16.0 Å². The third kappa shape index (κ3) is 6.49. The molecule has 2 rings (SSSR count). The zero-order chi connectivity index (χ0) is 24.1. The zero-order valence-electron chi connectivity index (χ0n) is 17.4. The monoisotopic (exact) mass is 483 g/mol. The lowest BCUT2D eigenvalue weighted by Crippen LogP contribution is -2.47. The van der Waals surface area contributed by atoms with Crippen molar-refractivity contribution in [2.24, 2.45) is 5.92 Å². The van der Waals surface area contributed by atoms with E-state index in [2.05, 4.69) is 10.0 Å². The minimum Gasteiger partial charge on any atom is -0.451 e. The Labute approximate surface area is 190 Å². The number of hydrogen-bond acceptors (Lipinski definition) is 7. The third-order valence-electron chi connectivity index (χ3n) is 4.34. The van der Waals surface area contributed by atoms with Crippen LogP contribution in [0.4, 0.5) is 11.4 Å². The fraction of sp³-hybridized carbons (Fsp3) is 0.300. The molecule has 0 saturated carbocycles. The molecule has 0 bridgehead atoms. The number of hydrogen-bond donors (Lipinski definition) is 2. The van der Waals surface area contributed by atoms with Crippen molar-refractivity contribution in [2.45, 2.75) is 37.8 Å². The van der Waals surface area contributed by atoms with Crippen molar-refractivity contribution in [1.82, 2.24) is 4.72 Å². The van der Waals surface area contributed by atoms with Crippen molar-refractivity contribution in [1.29, 1.82) is 0 Å². The maximum atomic E-state index is 12.6. The highest BCUT2D eigenvalue weighted by atomic mass is 35.5. The lowest BCUT2D eigenvalue weighted by atomic mass is 10.1. The van der Waals surface area contributed by atoms with Crippen molar-refractivity contribution < 1.29 is 27.7 Å². The Bertz CT molecular complexity index is 1110. The number of nitro benzene ring substituents is 1. The summed E-state index contributed by atoms with van der Waals surface area (Å²) in [7, 11) is -3.99. The Kier molecular flexibility index (Phi) is 8.31. The van der Waals surface area contributed by atoms with Crippen LogP contribution in [0.5, 0.6) is 0 Å². The number of ether oxygens (including phenoxy) is 1. The summed E-state index contributed by atoms with van der Waals surface area (Å²) in [6.07, 6.45) is -1.30. The van der Waals surface area contributed by atoms with E-state index in [0.29, 0.717) is 0 Å². The van der Waals surface area contributed by atoms with Crippen LogP contribution in [0.15, 0.2) is 53.4 Å². The van der Waals surface area contributed by atoms with Crippen molar-refractivity contribution in [3.8, 4) is 0 Å². The van der Waals surface area contributed by atoms with Gasteiger partial charge < -0.3 is 10.1 Å². The van der Waals surface area contributed by atoms with E-state index in [0.717, 1.165) is 12.1 Å². The standard InChI is InChI=1S/C20H22ClN3O7S/c1-12(2)18(23-32(29,30)15-7-5-4-6-8-15)20(26)31-13(3)19(25)22-17-10-9-14(24(27)28)11-16(17)21/h4-13,18,23H,1-3H3,(H,22,25)/t13-,18+/m0/s1. The first kappa shape index (κ1) is 25.2. The Hall–Kier alpha value is -3.02. The molecule has 0 aliphatic rings. The predicted molar refractivity (Wildman–Crippen MR) is 118 cm³/mol. The fourth-order valence-electron chi connectivity index (χ4n) is 2.55. The fourth-order valence-corrected chi connectivity index (χ4v) is 4.12. The summed E-state index contributed by atoms with van der Waals surface area (Å²) >= 11 is 5.95. The zero-order valence-corrected chi connectivity index (χ0v) is 19.0. The molecule has 2 aromatic rings. The number of esters is 1. The van der Waals surface area contributed by atoms with E-state index >= 15 is 0 Å². The van der Waals surface area contributed by atoms with Crippen LogP contribution in [-0.4, -0.2) is 37.4 Å². The summed E-state index contributed by atoms with van der Waals surface area (Å²) in [5.74, 6) is -2.15. The third-order valence-corrected chi connectivity index (χ3v) is 6.11. The van der Waals surface area contributed by atoms with Gasteiger partial charge in [0, 0.05) is 12.1 Å². The van der Waals surface area contributed by atoms with E-state index < -0.39 is 44.9 Å². The summed E-state index contributed by atoms with van der Waals surface area (Å²) in [6, 6.07) is 9.76. The normalized spacial score (nSPS) is 13.3. The Balaban J connectivity index is 2.08. The van der Waals surface area contributed by atoms with E-state index in [4.69, 9.17) is 16.3 Å². The number of anilines is 1. The molecule has 0 heterocycles. The Morgan fingerprint density at radius 2 is 1.72 bits per heavy atom. The number of carbonyl (C=O) groups excluding carboxylic acids is 2. The highest BCUT2D eigenvalue weighted by Crippen LogP contribution is 2.27. The van der Waals surface area contributed by atoms with Crippen LogP contribution in [-0.2, 0) is 24.3 Å². The molecular weight excluding hydrogens is 462 g/mol. The van der Waals surface area contributed by atoms with E-state index in [-0.39, 0.29) is 21.3 Å². The molecule has 0 unspecified atom stereocenters. The summed E-state index contributed by atoms with van der Waals surface area (Å²) in [5, 5.41) is 13.1. The lowest BCUT2D eigenvalue weighted by Gasteiger charge is -2.23. The van der Waals surface area contributed by atoms with Gasteiger partial charge in [-0.1, -0.05) is 43.6 Å². The van der Waals surface area contributed by atoms with Crippen LogP contribution in [0.1, 0.15) is 20.8 Å². The number of nitro groups is 1. The van der Waals surface area contributed by atoms with Crippen LogP contribution in [0.2, 0.25) is 5.02 Å². The molecule has 0 aliphatic carbocycles. The van der Waals surface area contributed by atoms with Crippen LogP contribution >= 0.6 is 11.6 Å². The molecule has 0 saturated heterocycles. The molecular formula is C20H22ClN3O7S. The maximum absolute atomic E-state index is 12.6. The molecule has 0 radical (unpaired) electrons. The molecule has 2 aromatic carbocycles. The van der Waals surface area contributed by atoms with Gasteiger partial charge in [0.2, 0.25) is 10.0 Å². The van der Waals surface area contributed by atoms with Gasteiger partial charge in [-0.25, -0.2) is 8.42 Å². The molecule has 1 amide bonds. The molecule has 172 valence electrons.